The molecular formula is C22H26FN5OS. The largest absolute Gasteiger partial charge is 0.352 e. The molecule has 30 heavy (non-hydrogen) atoms. The number of hydrogen-bond acceptors (Lipinski definition) is 6. The summed E-state index contributed by atoms with van der Waals surface area (Å²) >= 11 is 1.34. The number of pyridine rings is 1. The number of halogens is 1. The van der Waals surface area contributed by atoms with Crippen LogP contribution in [0.1, 0.15) is 43.6 Å². The molecule has 0 aliphatic heterocycles. The first-order valence-electron chi connectivity index (χ1n) is 10.0. The number of nitrogens with zero attached hydrogens (tertiary/aromatic N) is 4. The Morgan fingerprint density at radius 1 is 1.23 bits per heavy atom. The fourth-order valence-electron chi connectivity index (χ4n) is 2.96. The third-order valence-corrected chi connectivity index (χ3v) is 5.68. The number of hydrogen-bond donors (Lipinski definition) is 1. The molecule has 2 heterocycles. The highest BCUT2D eigenvalue weighted by molar-refractivity contribution is 7.09. The highest BCUT2D eigenvalue weighted by Gasteiger charge is 2.19. The minimum atomic E-state index is -0.254. The Balaban J connectivity index is 1.58. The molecule has 1 aromatic carbocycles. The minimum Gasteiger partial charge on any atom is -0.352 e. The van der Waals surface area contributed by atoms with E-state index in [1.807, 2.05) is 12.1 Å². The van der Waals surface area contributed by atoms with Gasteiger partial charge in [0, 0.05) is 55.9 Å². The first kappa shape index (κ1) is 21.8. The summed E-state index contributed by atoms with van der Waals surface area (Å²) in [6, 6.07) is 10.4. The predicted octanol–water partition coefficient (Wildman–Crippen LogP) is 3.97. The Morgan fingerprint density at radius 3 is 2.73 bits per heavy atom. The monoisotopic (exact) mass is 427 g/mol. The van der Waals surface area contributed by atoms with Crippen molar-refractivity contribution >= 4 is 22.6 Å². The number of anilines is 1. The number of rotatable bonds is 10. The van der Waals surface area contributed by atoms with Crippen LogP contribution in [0.5, 0.6) is 0 Å². The molecule has 3 aromatic rings. The minimum absolute atomic E-state index is 0.0109. The molecule has 1 atom stereocenters. The van der Waals surface area contributed by atoms with E-state index in [0.717, 1.165) is 22.7 Å². The highest BCUT2D eigenvalue weighted by atomic mass is 32.1. The molecule has 0 aliphatic rings. The Kier molecular flexibility index (Phi) is 7.84. The summed E-state index contributed by atoms with van der Waals surface area (Å²) in [4.78, 5) is 23.2. The lowest BCUT2D eigenvalue weighted by Gasteiger charge is -2.27. The van der Waals surface area contributed by atoms with Gasteiger partial charge >= 0.3 is 0 Å². The normalized spacial score (nSPS) is 11.8. The topological polar surface area (TPSA) is 71.0 Å². The van der Waals surface area contributed by atoms with E-state index in [-0.39, 0.29) is 17.8 Å². The number of carbonyl (C=O) groups is 1. The third kappa shape index (κ3) is 6.32. The third-order valence-electron chi connectivity index (χ3n) is 4.89. The lowest BCUT2D eigenvalue weighted by molar-refractivity contribution is -0.121. The molecule has 0 saturated carbocycles. The molecule has 2 aromatic heterocycles. The average Bonchev–Trinajstić information content (AvgIpc) is 3.22. The van der Waals surface area contributed by atoms with Gasteiger partial charge in [0.25, 0.3) is 0 Å². The predicted molar refractivity (Wildman–Crippen MR) is 117 cm³/mol. The molecule has 6 nitrogen and oxygen atoms in total. The van der Waals surface area contributed by atoms with Crippen molar-refractivity contribution in [2.45, 2.75) is 45.7 Å². The number of nitrogens with one attached hydrogen (secondary N) is 1. The second kappa shape index (κ2) is 10.8. The van der Waals surface area contributed by atoms with Gasteiger partial charge in [0.2, 0.25) is 11.0 Å². The van der Waals surface area contributed by atoms with Gasteiger partial charge in [-0.1, -0.05) is 25.1 Å². The summed E-state index contributed by atoms with van der Waals surface area (Å²) in [5, 5.41) is 3.74. The summed E-state index contributed by atoms with van der Waals surface area (Å²) < 4.78 is 17.6. The van der Waals surface area contributed by atoms with Gasteiger partial charge in [0.15, 0.2) is 0 Å². The van der Waals surface area contributed by atoms with Crippen molar-refractivity contribution < 1.29 is 9.18 Å². The van der Waals surface area contributed by atoms with E-state index in [1.54, 1.807) is 24.5 Å². The Hall–Kier alpha value is -2.87. The van der Waals surface area contributed by atoms with E-state index in [9.17, 15) is 9.18 Å². The van der Waals surface area contributed by atoms with E-state index < -0.39 is 0 Å². The summed E-state index contributed by atoms with van der Waals surface area (Å²) in [5.74, 6) is 0.439. The lowest BCUT2D eigenvalue weighted by Crippen LogP contribution is -2.36. The molecule has 8 heteroatoms. The number of benzene rings is 1. The average molecular weight is 428 g/mol. The second-order valence-corrected chi connectivity index (χ2v) is 7.87. The van der Waals surface area contributed by atoms with Gasteiger partial charge in [0.05, 0.1) is 0 Å². The number of carbonyl (C=O) groups excluding carboxylic acids is 1. The fraction of sp³-hybridized carbons (Fsp3) is 0.364. The van der Waals surface area contributed by atoms with Crippen LogP contribution in [0, 0.1) is 5.82 Å². The summed E-state index contributed by atoms with van der Waals surface area (Å²) in [5.41, 5.74) is 1.94. The molecular weight excluding hydrogens is 401 g/mol. The molecule has 3 rings (SSSR count). The van der Waals surface area contributed by atoms with Gasteiger partial charge in [0.1, 0.15) is 11.6 Å². The van der Waals surface area contributed by atoms with Crippen LogP contribution in [0.3, 0.4) is 0 Å². The standard InChI is InChI=1S/C22H26FN5OS/c1-3-16(2)28(12-10-21(29)25-15-18-5-4-11-24-14-18)22-26-20(27-30-22)13-17-6-8-19(23)9-7-17/h4-9,11,14,16H,3,10,12-13,15H2,1-2H3,(H,25,29). The van der Waals surface area contributed by atoms with E-state index >= 15 is 0 Å². The summed E-state index contributed by atoms with van der Waals surface area (Å²) in [7, 11) is 0. The molecule has 0 bridgehead atoms. The first-order valence-corrected chi connectivity index (χ1v) is 10.8. The molecule has 0 radical (unpaired) electrons. The smallest absolute Gasteiger partial charge is 0.222 e. The second-order valence-electron chi connectivity index (χ2n) is 7.14. The van der Waals surface area contributed by atoms with Gasteiger partial charge in [-0.3, -0.25) is 9.78 Å². The van der Waals surface area contributed by atoms with Crippen molar-refractivity contribution in [3.8, 4) is 0 Å². The zero-order valence-electron chi connectivity index (χ0n) is 17.2. The van der Waals surface area contributed by atoms with Crippen molar-refractivity contribution in [3.63, 3.8) is 0 Å². The van der Waals surface area contributed by atoms with Crippen LogP contribution in [0.4, 0.5) is 9.52 Å². The van der Waals surface area contributed by atoms with Crippen molar-refractivity contribution in [1.82, 2.24) is 19.7 Å². The zero-order valence-corrected chi connectivity index (χ0v) is 18.0. The van der Waals surface area contributed by atoms with Gasteiger partial charge in [-0.2, -0.15) is 4.37 Å². The molecule has 1 N–H and O–H groups in total. The van der Waals surface area contributed by atoms with Crippen molar-refractivity contribution in [1.29, 1.82) is 0 Å². The van der Waals surface area contributed by atoms with E-state index in [4.69, 9.17) is 0 Å². The summed E-state index contributed by atoms with van der Waals surface area (Å²) in [6.45, 7) is 5.27. The molecule has 0 aliphatic carbocycles. The van der Waals surface area contributed by atoms with Crippen LogP contribution >= 0.6 is 11.5 Å². The quantitative estimate of drug-likeness (QED) is 0.530. The lowest BCUT2D eigenvalue weighted by atomic mass is 10.1. The molecule has 0 fully saturated rings. The van der Waals surface area contributed by atoms with Crippen LogP contribution in [-0.4, -0.2) is 32.8 Å². The van der Waals surface area contributed by atoms with E-state index in [1.165, 1.54) is 23.7 Å². The van der Waals surface area contributed by atoms with Crippen LogP contribution in [0.15, 0.2) is 48.8 Å². The number of amides is 1. The van der Waals surface area contributed by atoms with Crippen molar-refractivity contribution in [3.05, 3.63) is 71.6 Å². The van der Waals surface area contributed by atoms with Crippen molar-refractivity contribution in [2.75, 3.05) is 11.4 Å². The molecule has 158 valence electrons. The van der Waals surface area contributed by atoms with Crippen molar-refractivity contribution in [2.24, 2.45) is 0 Å². The Labute approximate surface area is 180 Å². The van der Waals surface area contributed by atoms with Gasteiger partial charge in [-0.15, -0.1) is 0 Å². The Bertz CT molecular complexity index is 932. The van der Waals surface area contributed by atoms with Gasteiger partial charge in [-0.05, 0) is 42.7 Å². The molecule has 0 saturated heterocycles. The zero-order chi connectivity index (χ0) is 21.3. The fourth-order valence-corrected chi connectivity index (χ4v) is 3.77. The highest BCUT2D eigenvalue weighted by Crippen LogP contribution is 2.22. The van der Waals surface area contributed by atoms with Crippen LogP contribution in [0.2, 0.25) is 0 Å². The van der Waals surface area contributed by atoms with Gasteiger partial charge in [-0.25, -0.2) is 9.37 Å². The van der Waals surface area contributed by atoms with Crippen LogP contribution < -0.4 is 10.2 Å². The van der Waals surface area contributed by atoms with Crippen LogP contribution in [-0.2, 0) is 17.8 Å². The van der Waals surface area contributed by atoms with E-state index in [0.29, 0.717) is 31.8 Å². The van der Waals surface area contributed by atoms with E-state index in [2.05, 4.69) is 38.4 Å². The Morgan fingerprint density at radius 2 is 2.03 bits per heavy atom. The molecule has 1 unspecified atom stereocenters. The molecule has 0 spiro atoms. The van der Waals surface area contributed by atoms with Gasteiger partial charge < -0.3 is 10.2 Å². The SMILES string of the molecule is CCC(C)N(CCC(=O)NCc1cccnc1)c1nc(Cc2ccc(F)cc2)ns1. The maximum Gasteiger partial charge on any atom is 0.222 e. The maximum absolute atomic E-state index is 13.1. The maximum atomic E-state index is 13.1. The first-order chi connectivity index (χ1) is 14.5. The molecule has 1 amide bonds. The van der Waals surface area contributed by atoms with Crippen LogP contribution in [0.25, 0.3) is 0 Å². The number of aromatic nitrogens is 3. The summed E-state index contributed by atoms with van der Waals surface area (Å²) in [6.07, 6.45) is 5.32.